The number of nitrogens with one attached hydrogen (secondary N) is 1. The number of benzene rings is 3. The molecule has 4 heterocycles. The van der Waals surface area contributed by atoms with Gasteiger partial charge in [0, 0.05) is 54.7 Å². The number of rotatable bonds is 3. The van der Waals surface area contributed by atoms with Gasteiger partial charge < -0.3 is 5.32 Å². The van der Waals surface area contributed by atoms with Gasteiger partial charge in [-0.1, -0.05) is 42.5 Å². The molecule has 7 heteroatoms. The first-order chi connectivity index (χ1) is 18.2. The van der Waals surface area contributed by atoms with Crippen LogP contribution in [-0.4, -0.2) is 32.2 Å². The fourth-order valence-electron chi connectivity index (χ4n) is 5.35. The predicted octanol–water partition coefficient (Wildman–Crippen LogP) is 5.47. The quantitative estimate of drug-likeness (QED) is 0.327. The van der Waals surface area contributed by atoms with E-state index in [-0.39, 0.29) is 24.2 Å². The Kier molecular flexibility index (Phi) is 6.24. The fourth-order valence-corrected chi connectivity index (χ4v) is 5.35. The zero-order valence-corrected chi connectivity index (χ0v) is 22.3. The van der Waals surface area contributed by atoms with Gasteiger partial charge in [-0.3, -0.25) is 19.1 Å². The monoisotopic (exact) mass is 534 g/mol. The van der Waals surface area contributed by atoms with Gasteiger partial charge in [0.2, 0.25) is 0 Å². The van der Waals surface area contributed by atoms with Crippen LogP contribution in [0.2, 0.25) is 0 Å². The molecule has 1 radical (unpaired) electrons. The Labute approximate surface area is 231 Å². The summed E-state index contributed by atoms with van der Waals surface area (Å²) in [6, 6.07) is 24.8. The second-order valence-electron chi connectivity index (χ2n) is 9.55. The fraction of sp³-hybridized carbons (Fsp3) is 0.129. The topological polar surface area (TPSA) is 64.7 Å². The molecule has 185 valence electrons. The molecule has 0 saturated heterocycles. The Morgan fingerprint density at radius 1 is 0.842 bits per heavy atom. The molecule has 6 aromatic rings. The molecular formula is C31H25N5OV. The Hall–Kier alpha value is -3.97. The third kappa shape index (κ3) is 3.98. The average Bonchev–Trinajstić information content (AvgIpc) is 3.23. The molecule has 0 bridgehead atoms. The summed E-state index contributed by atoms with van der Waals surface area (Å²) in [4.78, 5) is 22.8. The summed E-state index contributed by atoms with van der Waals surface area (Å²) in [5.41, 5.74) is 8.86. The van der Waals surface area contributed by atoms with Crippen LogP contribution < -0.4 is 11.0 Å². The minimum Gasteiger partial charge on any atom is -0.313 e. The number of hydrogen-bond donors (Lipinski definition) is 1. The van der Waals surface area contributed by atoms with Crippen molar-refractivity contribution in [2.24, 2.45) is 7.05 Å². The van der Waals surface area contributed by atoms with Crippen LogP contribution in [0.25, 0.3) is 55.2 Å². The van der Waals surface area contributed by atoms with E-state index < -0.39 is 0 Å². The van der Waals surface area contributed by atoms with Crippen LogP contribution in [0.3, 0.4) is 0 Å². The third-order valence-corrected chi connectivity index (χ3v) is 7.37. The summed E-state index contributed by atoms with van der Waals surface area (Å²) in [6.45, 7) is 1.89. The van der Waals surface area contributed by atoms with E-state index >= 15 is 0 Å². The van der Waals surface area contributed by atoms with Gasteiger partial charge in [-0.15, -0.1) is 0 Å². The molecule has 38 heavy (non-hydrogen) atoms. The van der Waals surface area contributed by atoms with Gasteiger partial charge in [0.05, 0.1) is 34.0 Å². The molecule has 0 amide bonds. The van der Waals surface area contributed by atoms with Crippen molar-refractivity contribution in [2.75, 3.05) is 13.1 Å². The van der Waals surface area contributed by atoms with Gasteiger partial charge in [0.25, 0.3) is 0 Å². The van der Waals surface area contributed by atoms with Gasteiger partial charge in [-0.25, -0.2) is 4.79 Å². The number of aromatic nitrogens is 4. The smallest absolute Gasteiger partial charge is 0.313 e. The second kappa shape index (κ2) is 9.73. The maximum Gasteiger partial charge on any atom is 0.333 e. The van der Waals surface area contributed by atoms with Crippen molar-refractivity contribution in [3.8, 4) is 16.8 Å². The van der Waals surface area contributed by atoms with E-state index in [4.69, 9.17) is 0 Å². The molecule has 1 aliphatic rings. The largest absolute Gasteiger partial charge is 0.333 e. The Bertz CT molecular complexity index is 1920. The zero-order chi connectivity index (χ0) is 24.9. The molecule has 0 saturated carbocycles. The molecule has 0 aliphatic carbocycles. The summed E-state index contributed by atoms with van der Waals surface area (Å²) < 4.78 is 3.48. The summed E-state index contributed by atoms with van der Waals surface area (Å²) in [6.07, 6.45) is 6.95. The van der Waals surface area contributed by atoms with Gasteiger partial charge in [0.1, 0.15) is 0 Å². The standard InChI is InChI=1S/C31H25N5O.V/c1-35-29-19-34-28-11-8-22(24-16-23-4-2-3-5-27(23)33-18-24)17-26(28)30(29)36(31(35)37)25-9-6-20(7-10-25)21-12-14-32-15-13-21;/h2-12,16-19,32H,13-15H2,1H3;. The number of nitrogens with zero attached hydrogens (tertiary/aromatic N) is 4. The summed E-state index contributed by atoms with van der Waals surface area (Å²) in [5, 5.41) is 5.39. The van der Waals surface area contributed by atoms with E-state index in [2.05, 4.69) is 57.8 Å². The van der Waals surface area contributed by atoms with Gasteiger partial charge >= 0.3 is 5.69 Å². The number of imidazole rings is 1. The first-order valence-corrected chi connectivity index (χ1v) is 12.5. The first kappa shape index (κ1) is 24.4. The van der Waals surface area contributed by atoms with Crippen LogP contribution in [-0.2, 0) is 25.6 Å². The SMILES string of the molecule is Cn1c(=O)n(-c2ccc(C3=CCNCC3)cc2)c2c3cc(-c4cnc5ccccc5c4)ccc3ncc21.[V]. The van der Waals surface area contributed by atoms with Crippen molar-refractivity contribution < 1.29 is 18.6 Å². The number of para-hydroxylation sites is 1. The van der Waals surface area contributed by atoms with Crippen LogP contribution in [0, 0.1) is 0 Å². The molecule has 0 atom stereocenters. The summed E-state index contributed by atoms with van der Waals surface area (Å²) >= 11 is 0. The van der Waals surface area contributed by atoms with Gasteiger partial charge in [-0.2, -0.15) is 0 Å². The molecule has 0 unspecified atom stereocenters. The molecule has 3 aromatic carbocycles. The van der Waals surface area contributed by atoms with Gasteiger partial charge in [0.15, 0.2) is 0 Å². The summed E-state index contributed by atoms with van der Waals surface area (Å²) in [7, 11) is 1.81. The molecule has 7 rings (SSSR count). The van der Waals surface area contributed by atoms with E-state index in [0.29, 0.717) is 0 Å². The molecule has 3 aromatic heterocycles. The van der Waals surface area contributed by atoms with Crippen LogP contribution in [0.5, 0.6) is 0 Å². The second-order valence-corrected chi connectivity index (χ2v) is 9.55. The van der Waals surface area contributed by atoms with E-state index in [9.17, 15) is 4.79 Å². The Morgan fingerprint density at radius 2 is 1.63 bits per heavy atom. The average molecular weight is 535 g/mol. The summed E-state index contributed by atoms with van der Waals surface area (Å²) in [5.74, 6) is 0. The molecule has 1 N–H and O–H groups in total. The zero-order valence-electron chi connectivity index (χ0n) is 20.9. The number of aryl methyl sites for hydroxylation is 1. The normalized spacial score (nSPS) is 13.6. The molecule has 1 aliphatic heterocycles. The third-order valence-electron chi connectivity index (χ3n) is 7.37. The van der Waals surface area contributed by atoms with E-state index in [1.54, 1.807) is 17.8 Å². The first-order valence-electron chi connectivity index (χ1n) is 12.5. The Balaban J connectivity index is 0.00000264. The van der Waals surface area contributed by atoms with Crippen molar-refractivity contribution in [3.63, 3.8) is 0 Å². The van der Waals surface area contributed by atoms with Crippen molar-refractivity contribution in [1.82, 2.24) is 24.4 Å². The van der Waals surface area contributed by atoms with Crippen LogP contribution in [0.15, 0.2) is 96.1 Å². The van der Waals surface area contributed by atoms with Crippen LogP contribution >= 0.6 is 0 Å². The number of hydrogen-bond acceptors (Lipinski definition) is 4. The van der Waals surface area contributed by atoms with Crippen molar-refractivity contribution in [2.45, 2.75) is 6.42 Å². The number of fused-ring (bicyclic) bond motifs is 4. The molecular weight excluding hydrogens is 509 g/mol. The maximum atomic E-state index is 13.5. The van der Waals surface area contributed by atoms with Crippen molar-refractivity contribution >= 4 is 38.4 Å². The maximum absolute atomic E-state index is 13.5. The number of pyridine rings is 2. The van der Waals surface area contributed by atoms with Crippen molar-refractivity contribution in [3.05, 3.63) is 107 Å². The van der Waals surface area contributed by atoms with E-state index in [1.807, 2.05) is 47.2 Å². The Morgan fingerprint density at radius 3 is 2.45 bits per heavy atom. The minimum atomic E-state index is -0.0871. The van der Waals surface area contributed by atoms with Gasteiger partial charge in [-0.05, 0) is 66.1 Å². The van der Waals surface area contributed by atoms with Crippen molar-refractivity contribution in [1.29, 1.82) is 0 Å². The molecule has 0 fully saturated rings. The van der Waals surface area contributed by atoms with E-state index in [0.717, 1.165) is 69.2 Å². The molecule has 0 spiro atoms. The van der Waals surface area contributed by atoms with Crippen LogP contribution in [0.1, 0.15) is 12.0 Å². The predicted molar refractivity (Wildman–Crippen MR) is 150 cm³/mol. The minimum absolute atomic E-state index is 0. The van der Waals surface area contributed by atoms with E-state index in [1.165, 1.54) is 11.1 Å². The van der Waals surface area contributed by atoms with Crippen LogP contribution in [0.4, 0.5) is 0 Å². The molecule has 6 nitrogen and oxygen atoms in total.